The van der Waals surface area contributed by atoms with Crippen LogP contribution in [-0.4, -0.2) is 35.0 Å². The third-order valence-electron chi connectivity index (χ3n) is 2.97. The summed E-state index contributed by atoms with van der Waals surface area (Å²) in [6.07, 6.45) is 5.66. The highest BCUT2D eigenvalue weighted by Gasteiger charge is 2.22. The van der Waals surface area contributed by atoms with Gasteiger partial charge in [0.2, 0.25) is 0 Å². The van der Waals surface area contributed by atoms with Gasteiger partial charge in [-0.25, -0.2) is 0 Å². The second-order valence-corrected chi connectivity index (χ2v) is 4.31. The minimum atomic E-state index is -0.255. The molecule has 1 unspecified atom stereocenters. The second-order valence-electron chi connectivity index (χ2n) is 4.31. The first-order valence-corrected chi connectivity index (χ1v) is 5.83. The summed E-state index contributed by atoms with van der Waals surface area (Å²) in [7, 11) is 0. The van der Waals surface area contributed by atoms with Crippen LogP contribution in [-0.2, 0) is 0 Å². The van der Waals surface area contributed by atoms with Gasteiger partial charge in [-0.3, -0.25) is 0 Å². The molecule has 1 saturated carbocycles. The van der Waals surface area contributed by atoms with E-state index in [0.717, 1.165) is 32.1 Å². The molecule has 0 amide bonds. The molecule has 0 radical (unpaired) electrons. The number of hydrogen-bond donors (Lipinski definition) is 3. The van der Waals surface area contributed by atoms with Gasteiger partial charge in [0.05, 0.1) is 12.2 Å². The SMILES string of the molecule is CCCC(O)CN[C@H]1CCCC[C@@H]1O. The van der Waals surface area contributed by atoms with Crippen molar-refractivity contribution >= 4 is 0 Å². The largest absolute Gasteiger partial charge is 0.392 e. The van der Waals surface area contributed by atoms with E-state index in [1.165, 1.54) is 6.42 Å². The van der Waals surface area contributed by atoms with Gasteiger partial charge < -0.3 is 15.5 Å². The lowest BCUT2D eigenvalue weighted by molar-refractivity contribution is 0.0784. The summed E-state index contributed by atoms with van der Waals surface area (Å²) in [6, 6.07) is 0.204. The molecule has 14 heavy (non-hydrogen) atoms. The molecule has 3 atom stereocenters. The number of rotatable bonds is 5. The summed E-state index contributed by atoms with van der Waals surface area (Å²) in [5.74, 6) is 0. The highest BCUT2D eigenvalue weighted by atomic mass is 16.3. The first-order chi connectivity index (χ1) is 6.74. The normalized spacial score (nSPS) is 30.2. The van der Waals surface area contributed by atoms with E-state index in [0.29, 0.717) is 6.54 Å². The van der Waals surface area contributed by atoms with Gasteiger partial charge in [0.25, 0.3) is 0 Å². The van der Waals surface area contributed by atoms with E-state index in [1.807, 2.05) is 0 Å². The quantitative estimate of drug-likeness (QED) is 0.623. The molecular weight excluding hydrogens is 178 g/mol. The van der Waals surface area contributed by atoms with Crippen molar-refractivity contribution in [3.8, 4) is 0 Å². The molecule has 3 N–H and O–H groups in total. The van der Waals surface area contributed by atoms with Gasteiger partial charge >= 0.3 is 0 Å². The topological polar surface area (TPSA) is 52.5 Å². The Morgan fingerprint density at radius 2 is 2.07 bits per heavy atom. The van der Waals surface area contributed by atoms with Crippen molar-refractivity contribution in [2.75, 3.05) is 6.54 Å². The maximum atomic E-state index is 9.67. The van der Waals surface area contributed by atoms with E-state index in [9.17, 15) is 10.2 Å². The number of hydrogen-bond acceptors (Lipinski definition) is 3. The fourth-order valence-corrected chi connectivity index (χ4v) is 2.07. The molecule has 1 aliphatic rings. The van der Waals surface area contributed by atoms with Crippen LogP contribution < -0.4 is 5.32 Å². The fourth-order valence-electron chi connectivity index (χ4n) is 2.07. The summed E-state index contributed by atoms with van der Waals surface area (Å²) in [4.78, 5) is 0. The lowest BCUT2D eigenvalue weighted by atomic mass is 9.92. The molecule has 0 heterocycles. The molecule has 84 valence electrons. The first-order valence-electron chi connectivity index (χ1n) is 5.83. The van der Waals surface area contributed by atoms with E-state index in [1.54, 1.807) is 0 Å². The van der Waals surface area contributed by atoms with Crippen molar-refractivity contribution in [2.24, 2.45) is 0 Å². The number of aliphatic hydroxyl groups excluding tert-OH is 2. The zero-order chi connectivity index (χ0) is 10.4. The highest BCUT2D eigenvalue weighted by molar-refractivity contribution is 4.80. The summed E-state index contributed by atoms with van der Waals surface area (Å²) < 4.78 is 0. The van der Waals surface area contributed by atoms with Crippen LogP contribution in [0.3, 0.4) is 0 Å². The van der Waals surface area contributed by atoms with Crippen molar-refractivity contribution in [1.29, 1.82) is 0 Å². The van der Waals surface area contributed by atoms with E-state index in [4.69, 9.17) is 0 Å². The Bertz CT molecular complexity index is 152. The molecule has 3 nitrogen and oxygen atoms in total. The van der Waals surface area contributed by atoms with Crippen LogP contribution in [0.25, 0.3) is 0 Å². The smallest absolute Gasteiger partial charge is 0.0693 e. The molecule has 0 saturated heterocycles. The third kappa shape index (κ3) is 3.95. The van der Waals surface area contributed by atoms with Crippen LogP contribution in [0.5, 0.6) is 0 Å². The molecule has 1 rings (SSSR count). The minimum Gasteiger partial charge on any atom is -0.392 e. The summed E-state index contributed by atoms with van der Waals surface area (Å²) in [5.41, 5.74) is 0. The van der Waals surface area contributed by atoms with Gasteiger partial charge in [0, 0.05) is 12.6 Å². The van der Waals surface area contributed by atoms with Crippen LogP contribution in [0.1, 0.15) is 45.4 Å². The molecule has 0 aromatic carbocycles. The number of aliphatic hydroxyl groups is 2. The van der Waals surface area contributed by atoms with E-state index < -0.39 is 0 Å². The fraction of sp³-hybridized carbons (Fsp3) is 1.00. The minimum absolute atomic E-state index is 0.204. The van der Waals surface area contributed by atoms with Crippen molar-refractivity contribution in [3.63, 3.8) is 0 Å². The maximum absolute atomic E-state index is 9.67. The summed E-state index contributed by atoms with van der Waals surface area (Å²) in [5, 5.41) is 22.4. The van der Waals surface area contributed by atoms with Gasteiger partial charge in [-0.1, -0.05) is 26.2 Å². The van der Waals surface area contributed by atoms with Gasteiger partial charge in [0.1, 0.15) is 0 Å². The van der Waals surface area contributed by atoms with Crippen LogP contribution in [0.2, 0.25) is 0 Å². The second kappa shape index (κ2) is 6.38. The molecule has 0 aromatic rings. The first kappa shape index (κ1) is 12.0. The molecule has 3 heteroatoms. The van der Waals surface area contributed by atoms with Crippen LogP contribution in [0.4, 0.5) is 0 Å². The molecule has 0 aliphatic heterocycles. The zero-order valence-corrected chi connectivity index (χ0v) is 9.08. The van der Waals surface area contributed by atoms with Gasteiger partial charge in [-0.15, -0.1) is 0 Å². The number of nitrogens with one attached hydrogen (secondary N) is 1. The predicted octanol–water partition coefficient (Wildman–Crippen LogP) is 1.04. The standard InChI is InChI=1S/C11H23NO2/c1-2-5-9(13)8-12-10-6-3-4-7-11(10)14/h9-14H,2-8H2,1H3/t9?,10-,11-/m0/s1. The predicted molar refractivity (Wildman–Crippen MR) is 57.2 cm³/mol. The molecule has 0 spiro atoms. The average Bonchev–Trinajstić information content (AvgIpc) is 2.17. The third-order valence-corrected chi connectivity index (χ3v) is 2.97. The van der Waals surface area contributed by atoms with Gasteiger partial charge in [-0.2, -0.15) is 0 Å². The van der Waals surface area contributed by atoms with E-state index in [2.05, 4.69) is 12.2 Å². The zero-order valence-electron chi connectivity index (χ0n) is 9.08. The van der Waals surface area contributed by atoms with Crippen LogP contribution in [0.15, 0.2) is 0 Å². The molecule has 1 aliphatic carbocycles. The highest BCUT2D eigenvalue weighted by Crippen LogP contribution is 2.18. The summed E-state index contributed by atoms with van der Waals surface area (Å²) >= 11 is 0. The Morgan fingerprint density at radius 1 is 1.36 bits per heavy atom. The summed E-state index contributed by atoms with van der Waals surface area (Å²) in [6.45, 7) is 2.69. The van der Waals surface area contributed by atoms with E-state index >= 15 is 0 Å². The molecule has 0 bridgehead atoms. The molecule has 1 fully saturated rings. The van der Waals surface area contributed by atoms with Crippen molar-refractivity contribution in [3.05, 3.63) is 0 Å². The Balaban J connectivity index is 2.15. The van der Waals surface area contributed by atoms with Crippen LogP contribution in [0, 0.1) is 0 Å². The molecular formula is C11H23NO2. The Morgan fingerprint density at radius 3 is 2.71 bits per heavy atom. The Labute approximate surface area is 86.5 Å². The van der Waals surface area contributed by atoms with Gasteiger partial charge in [-0.05, 0) is 19.3 Å². The lowest BCUT2D eigenvalue weighted by Gasteiger charge is -2.29. The molecule has 0 aromatic heterocycles. The van der Waals surface area contributed by atoms with E-state index in [-0.39, 0.29) is 18.2 Å². The van der Waals surface area contributed by atoms with Crippen LogP contribution >= 0.6 is 0 Å². The monoisotopic (exact) mass is 201 g/mol. The Kier molecular flexibility index (Phi) is 5.45. The van der Waals surface area contributed by atoms with Crippen molar-refractivity contribution in [2.45, 2.75) is 63.7 Å². The average molecular weight is 201 g/mol. The van der Waals surface area contributed by atoms with Crippen molar-refractivity contribution in [1.82, 2.24) is 5.32 Å². The maximum Gasteiger partial charge on any atom is 0.0693 e. The van der Waals surface area contributed by atoms with Gasteiger partial charge in [0.15, 0.2) is 0 Å². The van der Waals surface area contributed by atoms with Crippen molar-refractivity contribution < 1.29 is 10.2 Å². The lowest BCUT2D eigenvalue weighted by Crippen LogP contribution is -2.44. The Hall–Kier alpha value is -0.120.